The topological polar surface area (TPSA) is 63.2 Å². The van der Waals surface area contributed by atoms with Crippen LogP contribution in [0.3, 0.4) is 0 Å². The summed E-state index contributed by atoms with van der Waals surface area (Å²) in [5, 5.41) is 0. The van der Waals surface area contributed by atoms with Crippen LogP contribution in [0.15, 0.2) is 18.5 Å². The number of aromatic nitrogens is 3. The molecule has 6 rings (SSSR count). The highest BCUT2D eigenvalue weighted by atomic mass is 15.3. The lowest BCUT2D eigenvalue weighted by Gasteiger charge is -2.37. The van der Waals surface area contributed by atoms with Crippen LogP contribution in [0.4, 0.5) is 5.82 Å². The zero-order valence-corrected chi connectivity index (χ0v) is 18.3. The first-order valence-electron chi connectivity index (χ1n) is 11.8. The third-order valence-corrected chi connectivity index (χ3v) is 8.14. The van der Waals surface area contributed by atoms with Gasteiger partial charge in [0.2, 0.25) is 0 Å². The van der Waals surface area contributed by atoms with Gasteiger partial charge in [-0.1, -0.05) is 0 Å². The molecule has 2 aromatic heterocycles. The van der Waals surface area contributed by atoms with E-state index in [1.54, 1.807) is 0 Å². The van der Waals surface area contributed by atoms with Crippen molar-refractivity contribution in [3.05, 3.63) is 29.8 Å². The van der Waals surface area contributed by atoms with Crippen molar-refractivity contribution in [1.29, 1.82) is 0 Å². The van der Waals surface area contributed by atoms with E-state index in [1.807, 2.05) is 13.1 Å². The molecular weight excluding hydrogens is 372 g/mol. The Balaban J connectivity index is 1.21. The summed E-state index contributed by atoms with van der Waals surface area (Å²) in [5.41, 5.74) is 9.13. The number of hydrogen-bond donors (Lipinski definition) is 1. The highest BCUT2D eigenvalue weighted by Crippen LogP contribution is 2.62. The van der Waals surface area contributed by atoms with Crippen LogP contribution in [-0.2, 0) is 6.42 Å². The van der Waals surface area contributed by atoms with E-state index in [9.17, 15) is 0 Å². The van der Waals surface area contributed by atoms with Crippen LogP contribution in [0, 0.1) is 24.7 Å². The average molecular weight is 407 g/mol. The van der Waals surface area contributed by atoms with Crippen molar-refractivity contribution in [3.8, 4) is 11.3 Å². The molecule has 160 valence electrons. The van der Waals surface area contributed by atoms with Crippen LogP contribution in [-0.4, -0.2) is 63.6 Å². The molecule has 0 spiro atoms. The van der Waals surface area contributed by atoms with Gasteiger partial charge in [0.25, 0.3) is 0 Å². The maximum absolute atomic E-state index is 5.94. The Morgan fingerprint density at radius 3 is 2.50 bits per heavy atom. The standard InChI is InChI=1S/C24H34N6/c1-15-9-17(13-26-24(15)25)21-14-30(22(27-21)10-16-3-4-16)23-19-11-18(12-20(19)23)29-7-5-28(2)6-8-29/h9,13-14,16,18-20,23H,3-8,10-12H2,1-2H3,(H2,25,26)/t18?,19-,20+,23?. The highest BCUT2D eigenvalue weighted by Gasteiger charge is 2.58. The number of anilines is 1. The molecule has 6 nitrogen and oxygen atoms in total. The molecule has 2 aromatic rings. The Morgan fingerprint density at radius 1 is 1.10 bits per heavy atom. The summed E-state index contributed by atoms with van der Waals surface area (Å²) < 4.78 is 2.56. The zero-order valence-electron chi connectivity index (χ0n) is 18.3. The van der Waals surface area contributed by atoms with Crippen molar-refractivity contribution < 1.29 is 0 Å². The Bertz CT molecular complexity index is 927. The minimum absolute atomic E-state index is 0.614. The molecule has 6 heteroatoms. The SMILES string of the molecule is Cc1cc(-c2cn(C3[C@H]4CC(N5CCN(C)CC5)C[C@@H]34)c(CC3CC3)n2)cnc1N. The lowest BCUT2D eigenvalue weighted by molar-refractivity contribution is 0.105. The molecule has 4 atom stereocenters. The molecule has 3 heterocycles. The van der Waals surface area contributed by atoms with Gasteiger partial charge in [-0.3, -0.25) is 4.90 Å². The van der Waals surface area contributed by atoms with Crippen LogP contribution >= 0.6 is 0 Å². The third-order valence-electron chi connectivity index (χ3n) is 8.14. The molecule has 4 fully saturated rings. The van der Waals surface area contributed by atoms with Crippen molar-refractivity contribution in [2.75, 3.05) is 39.0 Å². The number of nitrogens with zero attached hydrogens (tertiary/aromatic N) is 5. The van der Waals surface area contributed by atoms with Crippen molar-refractivity contribution in [2.24, 2.45) is 17.8 Å². The second-order valence-electron chi connectivity index (χ2n) is 10.3. The van der Waals surface area contributed by atoms with Gasteiger partial charge in [0.15, 0.2) is 0 Å². The minimum atomic E-state index is 0.614. The first kappa shape index (κ1) is 18.8. The summed E-state index contributed by atoms with van der Waals surface area (Å²) in [6, 6.07) is 3.61. The summed E-state index contributed by atoms with van der Waals surface area (Å²) >= 11 is 0. The third kappa shape index (κ3) is 3.34. The highest BCUT2D eigenvalue weighted by molar-refractivity contribution is 5.61. The van der Waals surface area contributed by atoms with E-state index in [2.05, 4.69) is 38.7 Å². The number of pyridine rings is 1. The quantitative estimate of drug-likeness (QED) is 0.827. The van der Waals surface area contributed by atoms with Gasteiger partial charge >= 0.3 is 0 Å². The normalized spacial score (nSPS) is 31.8. The first-order chi connectivity index (χ1) is 14.6. The van der Waals surface area contributed by atoms with Crippen molar-refractivity contribution in [3.63, 3.8) is 0 Å². The average Bonchev–Trinajstić information content (AvgIpc) is 3.58. The molecule has 1 saturated heterocycles. The second kappa shape index (κ2) is 7.06. The van der Waals surface area contributed by atoms with Gasteiger partial charge in [-0.2, -0.15) is 0 Å². The lowest BCUT2D eigenvalue weighted by atomic mass is 10.1. The van der Waals surface area contributed by atoms with Crippen molar-refractivity contribution in [1.82, 2.24) is 24.3 Å². The molecule has 3 aliphatic carbocycles. The molecule has 1 aliphatic heterocycles. The monoisotopic (exact) mass is 406 g/mol. The fourth-order valence-electron chi connectivity index (χ4n) is 5.96. The van der Waals surface area contributed by atoms with Gasteiger partial charge in [0.1, 0.15) is 11.6 Å². The molecule has 3 saturated carbocycles. The fraction of sp³-hybridized carbons (Fsp3) is 0.667. The molecule has 0 amide bonds. The van der Waals surface area contributed by atoms with Crippen LogP contribution in [0.1, 0.15) is 43.1 Å². The lowest BCUT2D eigenvalue weighted by Crippen LogP contribution is -2.48. The number of hydrogen-bond acceptors (Lipinski definition) is 5. The summed E-state index contributed by atoms with van der Waals surface area (Å²) in [6.45, 7) is 6.97. The first-order valence-corrected chi connectivity index (χ1v) is 11.8. The largest absolute Gasteiger partial charge is 0.383 e. The van der Waals surface area contributed by atoms with Crippen LogP contribution in [0.5, 0.6) is 0 Å². The predicted octanol–water partition coefficient (Wildman–Crippen LogP) is 2.99. The molecule has 0 bridgehead atoms. The number of nitrogens with two attached hydrogens (primary N) is 1. The number of aryl methyl sites for hydroxylation is 1. The van der Waals surface area contributed by atoms with Gasteiger partial charge in [-0.15, -0.1) is 0 Å². The maximum Gasteiger partial charge on any atom is 0.126 e. The van der Waals surface area contributed by atoms with E-state index >= 15 is 0 Å². The number of nitrogen functional groups attached to an aromatic ring is 1. The molecule has 2 unspecified atom stereocenters. The molecule has 30 heavy (non-hydrogen) atoms. The number of imidazole rings is 1. The van der Waals surface area contributed by atoms with E-state index < -0.39 is 0 Å². The Kier molecular flexibility index (Phi) is 4.43. The maximum atomic E-state index is 5.94. The van der Waals surface area contributed by atoms with E-state index in [0.717, 1.165) is 47.0 Å². The Labute approximate surface area is 179 Å². The smallest absolute Gasteiger partial charge is 0.126 e. The van der Waals surface area contributed by atoms with E-state index in [-0.39, 0.29) is 0 Å². The van der Waals surface area contributed by atoms with Crippen LogP contribution in [0.25, 0.3) is 11.3 Å². The van der Waals surface area contributed by atoms with E-state index in [4.69, 9.17) is 10.7 Å². The molecule has 4 aliphatic rings. The summed E-state index contributed by atoms with van der Waals surface area (Å²) in [6.07, 6.45) is 10.8. The van der Waals surface area contributed by atoms with E-state index in [0.29, 0.717) is 11.9 Å². The number of fused-ring (bicyclic) bond motifs is 1. The second-order valence-corrected chi connectivity index (χ2v) is 10.3. The number of piperazine rings is 1. The number of rotatable bonds is 5. The van der Waals surface area contributed by atoms with Gasteiger partial charge in [0, 0.05) is 62.6 Å². The molecule has 0 radical (unpaired) electrons. The summed E-state index contributed by atoms with van der Waals surface area (Å²) in [4.78, 5) is 14.7. The fourth-order valence-corrected chi connectivity index (χ4v) is 5.96. The van der Waals surface area contributed by atoms with Crippen molar-refractivity contribution >= 4 is 5.82 Å². The van der Waals surface area contributed by atoms with Gasteiger partial charge in [-0.25, -0.2) is 9.97 Å². The van der Waals surface area contributed by atoms with Gasteiger partial charge in [0.05, 0.1) is 5.69 Å². The summed E-state index contributed by atoms with van der Waals surface area (Å²) in [5.74, 6) is 4.46. The Hall–Kier alpha value is -1.92. The van der Waals surface area contributed by atoms with Crippen molar-refractivity contribution in [2.45, 2.75) is 51.1 Å². The zero-order chi connectivity index (χ0) is 20.4. The van der Waals surface area contributed by atoms with Gasteiger partial charge in [-0.05, 0) is 69.0 Å². The van der Waals surface area contributed by atoms with Gasteiger partial charge < -0.3 is 15.2 Å². The molecule has 0 aromatic carbocycles. The van der Waals surface area contributed by atoms with E-state index in [1.165, 1.54) is 57.7 Å². The summed E-state index contributed by atoms with van der Waals surface area (Å²) in [7, 11) is 2.25. The Morgan fingerprint density at radius 2 is 1.83 bits per heavy atom. The number of likely N-dealkylation sites (N-methyl/N-ethyl adjacent to an activating group) is 1. The van der Waals surface area contributed by atoms with Crippen LogP contribution < -0.4 is 5.73 Å². The minimum Gasteiger partial charge on any atom is -0.383 e. The molecule has 2 N–H and O–H groups in total. The molecular formula is C24H34N6. The van der Waals surface area contributed by atoms with Crippen LogP contribution in [0.2, 0.25) is 0 Å². The predicted molar refractivity (Wildman–Crippen MR) is 119 cm³/mol.